The lowest BCUT2D eigenvalue weighted by Crippen LogP contribution is -2.49. The first-order chi connectivity index (χ1) is 13.3. The van der Waals surface area contributed by atoms with E-state index in [0.717, 1.165) is 30.1 Å². The number of fused-ring (bicyclic) bond motifs is 4. The summed E-state index contributed by atoms with van der Waals surface area (Å²) in [5.41, 5.74) is 5.63. The van der Waals surface area contributed by atoms with Gasteiger partial charge in [-0.1, -0.05) is 50.0 Å². The van der Waals surface area contributed by atoms with E-state index in [2.05, 4.69) is 40.7 Å². The third-order valence-electron chi connectivity index (χ3n) is 9.98. The van der Waals surface area contributed by atoms with Gasteiger partial charge in [0, 0.05) is 5.41 Å². The molecule has 0 bridgehead atoms. The van der Waals surface area contributed by atoms with Crippen molar-refractivity contribution < 1.29 is 5.11 Å². The minimum Gasteiger partial charge on any atom is -0.392 e. The van der Waals surface area contributed by atoms with Crippen molar-refractivity contribution in [2.75, 3.05) is 0 Å². The van der Waals surface area contributed by atoms with Gasteiger partial charge in [-0.25, -0.2) is 0 Å². The third-order valence-corrected chi connectivity index (χ3v) is 9.98. The molecule has 0 saturated heterocycles. The highest BCUT2D eigenvalue weighted by molar-refractivity contribution is 5.35. The molecule has 0 aromatic heterocycles. The fourth-order valence-electron chi connectivity index (χ4n) is 8.32. The van der Waals surface area contributed by atoms with Crippen molar-refractivity contribution >= 4 is 0 Å². The Hall–Kier alpha value is -0.560. The second kappa shape index (κ2) is 7.60. The van der Waals surface area contributed by atoms with Crippen LogP contribution in [0.1, 0.15) is 105 Å². The predicted octanol–water partition coefficient (Wildman–Crippen LogP) is 7.45. The van der Waals surface area contributed by atoms with E-state index in [4.69, 9.17) is 0 Å². The van der Waals surface area contributed by atoms with Crippen molar-refractivity contribution in [2.45, 2.75) is 111 Å². The van der Waals surface area contributed by atoms with Gasteiger partial charge in [0.05, 0.1) is 6.10 Å². The Morgan fingerprint density at radius 3 is 2.64 bits per heavy atom. The number of aliphatic hydroxyl groups is 1. The summed E-state index contributed by atoms with van der Waals surface area (Å²) in [5, 5.41) is 11.0. The Labute approximate surface area is 174 Å². The average Bonchev–Trinajstić information content (AvgIpc) is 3.00. The summed E-state index contributed by atoms with van der Waals surface area (Å²) in [6.07, 6.45) is 16.7. The molecule has 4 rings (SSSR count). The molecule has 4 aliphatic rings. The first-order valence-corrected chi connectivity index (χ1v) is 12.3. The molecule has 0 heterocycles. The highest BCUT2D eigenvalue weighted by Gasteiger charge is 2.56. The van der Waals surface area contributed by atoms with Crippen LogP contribution in [0.25, 0.3) is 0 Å². The molecule has 1 N–H and O–H groups in total. The fraction of sp³-hybridized carbons (Fsp3) is 0.852. The number of hydrogen-bond donors (Lipinski definition) is 1. The summed E-state index contributed by atoms with van der Waals surface area (Å²) in [4.78, 5) is 0. The van der Waals surface area contributed by atoms with Gasteiger partial charge in [0.2, 0.25) is 0 Å². The molecule has 0 aromatic rings. The van der Waals surface area contributed by atoms with Gasteiger partial charge >= 0.3 is 0 Å². The minimum atomic E-state index is -0.0962. The topological polar surface area (TPSA) is 20.2 Å². The summed E-state index contributed by atoms with van der Waals surface area (Å²) in [7, 11) is 0. The van der Waals surface area contributed by atoms with Crippen LogP contribution < -0.4 is 0 Å². The van der Waals surface area contributed by atoms with Crippen LogP contribution >= 0.6 is 0 Å². The summed E-state index contributed by atoms with van der Waals surface area (Å²) in [5.74, 6) is 3.26. The molecule has 0 amide bonds. The average molecular weight is 385 g/mol. The van der Waals surface area contributed by atoms with Gasteiger partial charge in [-0.2, -0.15) is 0 Å². The zero-order valence-corrected chi connectivity index (χ0v) is 19.2. The molecular weight excluding hydrogens is 340 g/mol. The summed E-state index contributed by atoms with van der Waals surface area (Å²) in [6.45, 7) is 12.1. The number of hydrogen-bond acceptors (Lipinski definition) is 1. The Balaban J connectivity index is 1.58. The molecule has 0 spiro atoms. The normalized spacial score (nSPS) is 43.8. The van der Waals surface area contributed by atoms with Crippen molar-refractivity contribution in [3.05, 3.63) is 22.8 Å². The number of aliphatic hydroxyl groups excluding tert-OH is 1. The van der Waals surface area contributed by atoms with Crippen molar-refractivity contribution in [3.63, 3.8) is 0 Å². The highest BCUT2D eigenvalue weighted by Crippen LogP contribution is 2.65. The van der Waals surface area contributed by atoms with E-state index in [-0.39, 0.29) is 11.5 Å². The SMILES string of the molecule is CC(C)=CCC[C@@H](C)[C@H]1CC[C@H]2C3=C(CC[C@]12C)[C@@]1(C)C(O)CCC[C@@H]1CC3. The standard InChI is InChI=1S/C27H44O/c1-18(2)8-6-9-19(3)22-14-15-23-21-13-12-20-10-7-11-25(28)27(20,5)24(21)16-17-26(22,23)4/h8,19-20,22-23,25,28H,6-7,9-17H2,1-5H3/t19-,20-,22-,23+,25?,26-,27+/m1/s1. The van der Waals surface area contributed by atoms with Crippen LogP contribution in [-0.2, 0) is 0 Å². The molecule has 1 unspecified atom stereocenters. The molecule has 4 aliphatic carbocycles. The highest BCUT2D eigenvalue weighted by atomic mass is 16.3. The van der Waals surface area contributed by atoms with Crippen LogP contribution in [0.4, 0.5) is 0 Å². The molecule has 0 aromatic carbocycles. The van der Waals surface area contributed by atoms with Gasteiger partial charge in [0.25, 0.3) is 0 Å². The quantitative estimate of drug-likeness (QED) is 0.499. The molecule has 1 heteroatoms. The molecule has 28 heavy (non-hydrogen) atoms. The van der Waals surface area contributed by atoms with Crippen LogP contribution in [0.3, 0.4) is 0 Å². The van der Waals surface area contributed by atoms with Crippen LogP contribution in [0, 0.1) is 34.5 Å². The lowest BCUT2D eigenvalue weighted by Gasteiger charge is -2.56. The molecule has 2 fully saturated rings. The van der Waals surface area contributed by atoms with E-state index in [1.165, 1.54) is 69.8 Å². The number of rotatable bonds is 4. The first kappa shape index (κ1) is 20.7. The van der Waals surface area contributed by atoms with E-state index in [1.54, 1.807) is 5.57 Å². The summed E-state index contributed by atoms with van der Waals surface area (Å²) < 4.78 is 0. The second-order valence-corrected chi connectivity index (χ2v) is 11.5. The zero-order valence-electron chi connectivity index (χ0n) is 19.2. The van der Waals surface area contributed by atoms with Crippen molar-refractivity contribution in [2.24, 2.45) is 34.5 Å². The second-order valence-electron chi connectivity index (χ2n) is 11.5. The van der Waals surface area contributed by atoms with Gasteiger partial charge in [-0.3, -0.25) is 0 Å². The van der Waals surface area contributed by atoms with E-state index in [0.29, 0.717) is 5.41 Å². The van der Waals surface area contributed by atoms with Gasteiger partial charge in [0.1, 0.15) is 0 Å². The Morgan fingerprint density at radius 2 is 1.89 bits per heavy atom. The van der Waals surface area contributed by atoms with Crippen molar-refractivity contribution in [1.82, 2.24) is 0 Å². The molecule has 1 nitrogen and oxygen atoms in total. The van der Waals surface area contributed by atoms with Crippen LogP contribution in [0.5, 0.6) is 0 Å². The van der Waals surface area contributed by atoms with Crippen LogP contribution in [0.2, 0.25) is 0 Å². The molecule has 158 valence electrons. The molecule has 0 aliphatic heterocycles. The Bertz CT molecular complexity index is 653. The van der Waals surface area contributed by atoms with E-state index >= 15 is 0 Å². The zero-order chi connectivity index (χ0) is 20.1. The maximum absolute atomic E-state index is 11.0. The Kier molecular flexibility index (Phi) is 5.62. The molecular formula is C27H44O. The van der Waals surface area contributed by atoms with Gasteiger partial charge < -0.3 is 5.11 Å². The largest absolute Gasteiger partial charge is 0.392 e. The first-order valence-electron chi connectivity index (χ1n) is 12.3. The smallest absolute Gasteiger partial charge is 0.0633 e. The number of allylic oxidation sites excluding steroid dienone is 3. The van der Waals surface area contributed by atoms with Crippen LogP contribution in [-0.4, -0.2) is 11.2 Å². The lowest BCUT2D eigenvalue weighted by atomic mass is 9.50. The lowest BCUT2D eigenvalue weighted by molar-refractivity contribution is -0.0363. The monoisotopic (exact) mass is 384 g/mol. The predicted molar refractivity (Wildman–Crippen MR) is 119 cm³/mol. The summed E-state index contributed by atoms with van der Waals surface area (Å²) in [6, 6.07) is 0. The van der Waals surface area contributed by atoms with E-state index in [1.807, 2.05) is 5.57 Å². The maximum atomic E-state index is 11.0. The maximum Gasteiger partial charge on any atom is 0.0633 e. The minimum absolute atomic E-state index is 0.0962. The van der Waals surface area contributed by atoms with Gasteiger partial charge in [-0.05, 0) is 107 Å². The summed E-state index contributed by atoms with van der Waals surface area (Å²) >= 11 is 0. The van der Waals surface area contributed by atoms with Crippen LogP contribution in [0.15, 0.2) is 22.8 Å². The van der Waals surface area contributed by atoms with Crippen molar-refractivity contribution in [3.8, 4) is 0 Å². The van der Waals surface area contributed by atoms with E-state index in [9.17, 15) is 5.11 Å². The fourth-order valence-corrected chi connectivity index (χ4v) is 8.32. The van der Waals surface area contributed by atoms with E-state index < -0.39 is 0 Å². The molecule has 2 saturated carbocycles. The Morgan fingerprint density at radius 1 is 1.11 bits per heavy atom. The van der Waals surface area contributed by atoms with Gasteiger partial charge in [-0.15, -0.1) is 0 Å². The molecule has 0 radical (unpaired) electrons. The van der Waals surface area contributed by atoms with Gasteiger partial charge in [0.15, 0.2) is 0 Å². The third kappa shape index (κ3) is 3.15. The molecule has 7 atom stereocenters. The van der Waals surface area contributed by atoms with Crippen molar-refractivity contribution in [1.29, 1.82) is 0 Å².